The molecule has 1 heterocycles. The lowest BCUT2D eigenvalue weighted by Crippen LogP contribution is -3.18. The summed E-state index contributed by atoms with van der Waals surface area (Å²) in [6.45, 7) is 13.1. The number of rotatable bonds is 6. The number of fused-ring (bicyclic) bond motifs is 1. The fourth-order valence-corrected chi connectivity index (χ4v) is 4.11. The Kier molecular flexibility index (Phi) is 8.43. The molecule has 0 fully saturated rings. The molecule has 2 nitrogen and oxygen atoms in total. The van der Waals surface area contributed by atoms with Crippen LogP contribution >= 0.6 is 0 Å². The smallest absolute Gasteiger partial charge is 0.135 e. The molecule has 25 heavy (non-hydrogen) atoms. The summed E-state index contributed by atoms with van der Waals surface area (Å²) in [4.78, 5) is 3.34. The van der Waals surface area contributed by atoms with Crippen LogP contribution in [0, 0.1) is 0 Å². The predicted molar refractivity (Wildman–Crippen MR) is 96.6 cm³/mol. The van der Waals surface area contributed by atoms with Gasteiger partial charge in [0.25, 0.3) is 0 Å². The third-order valence-electron chi connectivity index (χ3n) is 5.66. The van der Waals surface area contributed by atoms with Crippen LogP contribution in [-0.4, -0.2) is 32.7 Å². The van der Waals surface area contributed by atoms with Crippen LogP contribution in [0.3, 0.4) is 0 Å². The number of hydrogen-bond acceptors (Lipinski definition) is 0. The van der Waals surface area contributed by atoms with Crippen molar-refractivity contribution >= 4 is 5.69 Å². The number of quaternary nitrogens is 2. The van der Waals surface area contributed by atoms with E-state index < -0.39 is 0 Å². The minimum absolute atomic E-state index is 0. The van der Waals surface area contributed by atoms with E-state index in [1.165, 1.54) is 43.0 Å². The number of nitrogens with one attached hydrogen (secondary N) is 2. The molecule has 0 saturated heterocycles. The van der Waals surface area contributed by atoms with Gasteiger partial charge in [0, 0.05) is 5.56 Å². The topological polar surface area (TPSA) is 8.88 Å². The van der Waals surface area contributed by atoms with E-state index >= 15 is 0 Å². The van der Waals surface area contributed by atoms with E-state index in [4.69, 9.17) is 0 Å². The maximum atomic E-state index is 2.42. The first-order chi connectivity index (χ1) is 11.2. The molecule has 2 N–H and O–H groups in total. The Morgan fingerprint density at radius 3 is 2.16 bits per heavy atom. The Balaban J connectivity index is 0.00000156. The minimum Gasteiger partial charge on any atom is -1.00 e. The van der Waals surface area contributed by atoms with Gasteiger partial charge in [-0.15, -0.1) is 0 Å². The van der Waals surface area contributed by atoms with Crippen molar-refractivity contribution in [2.24, 2.45) is 0 Å². The second-order valence-corrected chi connectivity index (χ2v) is 6.98. The first-order valence-corrected chi connectivity index (χ1v) is 9.02. The van der Waals surface area contributed by atoms with Gasteiger partial charge in [0.15, 0.2) is 0 Å². The summed E-state index contributed by atoms with van der Waals surface area (Å²) in [5.74, 6) is 0. The van der Waals surface area contributed by atoms with Gasteiger partial charge in [-0.3, -0.25) is 4.90 Å². The van der Waals surface area contributed by atoms with Crippen molar-refractivity contribution in [1.29, 1.82) is 0 Å². The van der Waals surface area contributed by atoms with Gasteiger partial charge in [0.1, 0.15) is 18.8 Å². The van der Waals surface area contributed by atoms with Gasteiger partial charge in [-0.1, -0.05) is 48.5 Å². The standard InChI is InChI=1S/C21H28N2.2ClH/c1-4-22(5-2)15-16-23-17-21(3,18-11-7-6-8-12-18)19-13-9-10-14-20(19)23;;/h6-14H,4-5,15-17H2,1-3H3;2*1H. The molecule has 0 aliphatic carbocycles. The normalized spacial score (nSPS) is 21.4. The molecule has 138 valence electrons. The molecule has 3 rings (SSSR count). The van der Waals surface area contributed by atoms with Crippen LogP contribution in [0.2, 0.25) is 0 Å². The van der Waals surface area contributed by atoms with Crippen molar-refractivity contribution < 1.29 is 34.6 Å². The minimum atomic E-state index is 0. The second-order valence-electron chi connectivity index (χ2n) is 6.98. The van der Waals surface area contributed by atoms with Gasteiger partial charge in [-0.2, -0.15) is 0 Å². The van der Waals surface area contributed by atoms with Crippen LogP contribution in [0.15, 0.2) is 54.6 Å². The maximum absolute atomic E-state index is 2.42. The average Bonchev–Trinajstić information content (AvgIpc) is 2.91. The molecule has 1 aliphatic rings. The molecule has 0 bridgehead atoms. The molecule has 4 heteroatoms. The van der Waals surface area contributed by atoms with Crippen LogP contribution in [0.5, 0.6) is 0 Å². The molecular formula is C21H30Cl2N2. The van der Waals surface area contributed by atoms with E-state index in [0.29, 0.717) is 0 Å². The highest BCUT2D eigenvalue weighted by Gasteiger charge is 2.44. The van der Waals surface area contributed by atoms with Crippen LogP contribution in [0.25, 0.3) is 0 Å². The van der Waals surface area contributed by atoms with Gasteiger partial charge >= 0.3 is 0 Å². The largest absolute Gasteiger partial charge is 1.00 e. The zero-order valence-electron chi connectivity index (χ0n) is 15.5. The van der Waals surface area contributed by atoms with Crippen LogP contribution < -0.4 is 34.6 Å². The molecule has 2 aromatic carbocycles. The Bertz CT molecular complexity index is 643. The summed E-state index contributed by atoms with van der Waals surface area (Å²) in [6.07, 6.45) is 0. The Labute approximate surface area is 165 Å². The second kappa shape index (κ2) is 9.59. The molecule has 2 atom stereocenters. The lowest BCUT2D eigenvalue weighted by atomic mass is 9.78. The number of halogens is 2. The number of likely N-dealkylation sites (N-methyl/N-ethyl adjacent to an activating group) is 1. The lowest BCUT2D eigenvalue weighted by Gasteiger charge is -2.24. The average molecular weight is 381 g/mol. The summed E-state index contributed by atoms with van der Waals surface area (Å²) in [6, 6.07) is 20.1. The van der Waals surface area contributed by atoms with Gasteiger partial charge in [0.05, 0.1) is 25.0 Å². The van der Waals surface area contributed by atoms with Gasteiger partial charge < -0.3 is 29.7 Å². The summed E-state index contributed by atoms with van der Waals surface area (Å²) < 4.78 is 0. The van der Waals surface area contributed by atoms with Crippen molar-refractivity contribution in [3.05, 3.63) is 65.7 Å². The third-order valence-corrected chi connectivity index (χ3v) is 5.66. The van der Waals surface area contributed by atoms with Gasteiger partial charge in [-0.25, -0.2) is 0 Å². The van der Waals surface area contributed by atoms with Crippen LogP contribution in [-0.2, 0) is 5.41 Å². The first-order valence-electron chi connectivity index (χ1n) is 9.02. The Hall–Kier alpha value is -1.06. The lowest BCUT2D eigenvalue weighted by molar-refractivity contribution is -0.930. The summed E-state index contributed by atoms with van der Waals surface area (Å²) in [5.41, 5.74) is 4.59. The highest BCUT2D eigenvalue weighted by Crippen LogP contribution is 2.37. The van der Waals surface area contributed by atoms with Gasteiger partial charge in [-0.05, 0) is 32.4 Å². The van der Waals surface area contributed by atoms with E-state index in [1.54, 1.807) is 9.80 Å². The van der Waals surface area contributed by atoms with E-state index in [-0.39, 0.29) is 30.2 Å². The predicted octanol–water partition coefficient (Wildman–Crippen LogP) is -4.54. The summed E-state index contributed by atoms with van der Waals surface area (Å²) in [5, 5.41) is 0. The monoisotopic (exact) mass is 380 g/mol. The molecule has 2 aromatic rings. The van der Waals surface area contributed by atoms with Crippen LogP contribution in [0.1, 0.15) is 31.9 Å². The summed E-state index contributed by atoms with van der Waals surface area (Å²) in [7, 11) is 0. The van der Waals surface area contributed by atoms with E-state index in [1.807, 2.05) is 0 Å². The highest BCUT2D eigenvalue weighted by atomic mass is 35.5. The number of benzene rings is 2. The quantitative estimate of drug-likeness (QED) is 0.499. The first kappa shape index (κ1) is 22.0. The van der Waals surface area contributed by atoms with E-state index in [9.17, 15) is 0 Å². The molecule has 0 spiro atoms. The molecule has 0 amide bonds. The zero-order chi connectivity index (χ0) is 16.3. The SMILES string of the molecule is CC[NH+](CC)CC[NH+]1CC(C)(c2ccccc2)c2ccccc21.[Cl-].[Cl-]. The molecule has 0 saturated carbocycles. The van der Waals surface area contributed by atoms with Crippen molar-refractivity contribution in [2.75, 3.05) is 32.7 Å². The molecular weight excluding hydrogens is 351 g/mol. The van der Waals surface area contributed by atoms with Crippen molar-refractivity contribution in [2.45, 2.75) is 26.2 Å². The highest BCUT2D eigenvalue weighted by molar-refractivity contribution is 5.53. The fourth-order valence-electron chi connectivity index (χ4n) is 4.11. The van der Waals surface area contributed by atoms with Crippen molar-refractivity contribution in [3.63, 3.8) is 0 Å². The Morgan fingerprint density at radius 1 is 0.920 bits per heavy atom. The van der Waals surface area contributed by atoms with E-state index in [0.717, 1.165) is 6.54 Å². The Morgan fingerprint density at radius 2 is 1.52 bits per heavy atom. The molecule has 1 aliphatic heterocycles. The van der Waals surface area contributed by atoms with E-state index in [2.05, 4.69) is 75.4 Å². The number of hydrogen-bond donors (Lipinski definition) is 2. The summed E-state index contributed by atoms with van der Waals surface area (Å²) >= 11 is 0. The van der Waals surface area contributed by atoms with Gasteiger partial charge in [0.2, 0.25) is 0 Å². The zero-order valence-corrected chi connectivity index (χ0v) is 17.0. The molecule has 0 aromatic heterocycles. The molecule has 2 unspecified atom stereocenters. The van der Waals surface area contributed by atoms with Crippen LogP contribution in [0.4, 0.5) is 5.69 Å². The molecule has 0 radical (unpaired) electrons. The third kappa shape index (κ3) is 4.38. The number of para-hydroxylation sites is 1. The van der Waals surface area contributed by atoms with Crippen molar-refractivity contribution in [3.8, 4) is 0 Å². The fraction of sp³-hybridized carbons (Fsp3) is 0.429. The van der Waals surface area contributed by atoms with Crippen molar-refractivity contribution in [1.82, 2.24) is 0 Å². The maximum Gasteiger partial charge on any atom is 0.135 e.